The van der Waals surface area contributed by atoms with Crippen LogP contribution < -0.4 is 0 Å². The van der Waals surface area contributed by atoms with Crippen molar-refractivity contribution in [2.24, 2.45) is 0 Å². The monoisotopic (exact) mass is 249 g/mol. The third kappa shape index (κ3) is 2.38. The van der Waals surface area contributed by atoms with Gasteiger partial charge >= 0.3 is 5.97 Å². The third-order valence-electron chi connectivity index (χ3n) is 3.20. The van der Waals surface area contributed by atoms with Gasteiger partial charge in [-0.1, -0.05) is 6.42 Å². The Morgan fingerprint density at radius 1 is 1.31 bits per heavy atom. The Morgan fingerprint density at radius 3 is 2.12 bits per heavy atom. The van der Waals surface area contributed by atoms with Crippen molar-refractivity contribution in [2.75, 3.05) is 0 Å². The number of aliphatic carboxylic acids is 1. The molecule has 94 valence electrons. The van der Waals surface area contributed by atoms with E-state index in [0.717, 1.165) is 19.3 Å². The highest BCUT2D eigenvalue weighted by Gasteiger charge is 2.40. The Kier molecular flexibility index (Phi) is 3.96. The van der Waals surface area contributed by atoms with Crippen LogP contribution >= 0.6 is 0 Å². The van der Waals surface area contributed by atoms with Gasteiger partial charge in [-0.2, -0.15) is 4.31 Å². The number of hydrogen-bond acceptors (Lipinski definition) is 3. The summed E-state index contributed by atoms with van der Waals surface area (Å²) in [7, 11) is -3.73. The molecule has 0 spiro atoms. The minimum absolute atomic E-state index is 0.101. The molecule has 1 rings (SSSR count). The SMILES string of the molecule is CC(C(=O)O)S(=O)(=O)N1[C@H](C)CCC[C@@H]1C. The van der Waals surface area contributed by atoms with Gasteiger partial charge in [0.1, 0.15) is 0 Å². The minimum Gasteiger partial charge on any atom is -0.480 e. The van der Waals surface area contributed by atoms with E-state index in [1.807, 2.05) is 13.8 Å². The molecule has 1 aliphatic heterocycles. The van der Waals surface area contributed by atoms with Crippen molar-refractivity contribution in [1.29, 1.82) is 0 Å². The fourth-order valence-corrected chi connectivity index (χ4v) is 4.04. The quantitative estimate of drug-likeness (QED) is 0.811. The Balaban J connectivity index is 3.01. The average molecular weight is 249 g/mol. The van der Waals surface area contributed by atoms with E-state index in [4.69, 9.17) is 5.11 Å². The molecule has 0 aliphatic carbocycles. The molecule has 1 heterocycles. The smallest absolute Gasteiger partial charge is 0.323 e. The minimum atomic E-state index is -3.73. The van der Waals surface area contributed by atoms with Crippen LogP contribution in [0.25, 0.3) is 0 Å². The molecule has 0 aromatic rings. The Morgan fingerprint density at radius 2 is 1.75 bits per heavy atom. The molecule has 1 aliphatic rings. The molecule has 0 saturated carbocycles. The molecule has 0 bridgehead atoms. The van der Waals surface area contributed by atoms with E-state index < -0.39 is 21.2 Å². The molecule has 1 N–H and O–H groups in total. The molecular weight excluding hydrogens is 230 g/mol. The van der Waals surface area contributed by atoms with Crippen molar-refractivity contribution in [3.05, 3.63) is 0 Å². The van der Waals surface area contributed by atoms with E-state index in [1.54, 1.807) is 0 Å². The maximum atomic E-state index is 12.1. The molecule has 1 unspecified atom stereocenters. The fraction of sp³-hybridized carbons (Fsp3) is 0.900. The molecule has 16 heavy (non-hydrogen) atoms. The van der Waals surface area contributed by atoms with E-state index >= 15 is 0 Å². The zero-order valence-electron chi connectivity index (χ0n) is 9.88. The molecule has 0 radical (unpaired) electrons. The van der Waals surface area contributed by atoms with Gasteiger partial charge in [0.15, 0.2) is 5.25 Å². The van der Waals surface area contributed by atoms with Gasteiger partial charge in [-0.05, 0) is 33.6 Å². The molecular formula is C10H19NO4S. The first-order valence-electron chi connectivity index (χ1n) is 5.53. The second-order valence-electron chi connectivity index (χ2n) is 4.48. The lowest BCUT2D eigenvalue weighted by Gasteiger charge is -2.38. The van der Waals surface area contributed by atoms with Crippen LogP contribution in [0.5, 0.6) is 0 Å². The number of carbonyl (C=O) groups is 1. The summed E-state index contributed by atoms with van der Waals surface area (Å²) in [4.78, 5) is 10.8. The van der Waals surface area contributed by atoms with Crippen molar-refractivity contribution in [3.8, 4) is 0 Å². The van der Waals surface area contributed by atoms with Crippen LogP contribution in [-0.4, -0.2) is 41.1 Å². The molecule has 3 atom stereocenters. The third-order valence-corrected chi connectivity index (χ3v) is 5.60. The zero-order valence-corrected chi connectivity index (χ0v) is 10.7. The van der Waals surface area contributed by atoms with Crippen LogP contribution in [0.2, 0.25) is 0 Å². The van der Waals surface area contributed by atoms with Crippen molar-refractivity contribution < 1.29 is 18.3 Å². The zero-order chi connectivity index (χ0) is 12.5. The van der Waals surface area contributed by atoms with Crippen molar-refractivity contribution in [3.63, 3.8) is 0 Å². The number of hydrogen-bond donors (Lipinski definition) is 1. The molecule has 5 nitrogen and oxygen atoms in total. The molecule has 0 aromatic heterocycles. The lowest BCUT2D eigenvalue weighted by atomic mass is 10.0. The van der Waals surface area contributed by atoms with Gasteiger partial charge in [-0.15, -0.1) is 0 Å². The van der Waals surface area contributed by atoms with E-state index in [-0.39, 0.29) is 12.1 Å². The highest BCUT2D eigenvalue weighted by molar-refractivity contribution is 7.90. The molecule has 0 aromatic carbocycles. The summed E-state index contributed by atoms with van der Waals surface area (Å²) < 4.78 is 25.6. The summed E-state index contributed by atoms with van der Waals surface area (Å²) >= 11 is 0. The number of piperidine rings is 1. The van der Waals surface area contributed by atoms with E-state index in [1.165, 1.54) is 11.2 Å². The predicted molar refractivity (Wildman–Crippen MR) is 60.6 cm³/mol. The maximum absolute atomic E-state index is 12.1. The summed E-state index contributed by atoms with van der Waals surface area (Å²) in [6.07, 6.45) is 2.60. The Labute approximate surface area is 96.5 Å². The first-order valence-corrected chi connectivity index (χ1v) is 7.04. The summed E-state index contributed by atoms with van der Waals surface area (Å²) in [5.74, 6) is -1.29. The van der Waals surface area contributed by atoms with Crippen molar-refractivity contribution in [1.82, 2.24) is 4.31 Å². The van der Waals surface area contributed by atoms with E-state index in [0.29, 0.717) is 0 Å². The van der Waals surface area contributed by atoms with Crippen molar-refractivity contribution in [2.45, 2.75) is 57.4 Å². The standard InChI is InChI=1S/C10H19NO4S/c1-7-5-4-6-8(2)11(7)16(14,15)9(3)10(12)13/h7-9H,4-6H2,1-3H3,(H,12,13)/t7-,8+,9?. The summed E-state index contributed by atoms with van der Waals surface area (Å²) in [5.41, 5.74) is 0. The summed E-state index contributed by atoms with van der Waals surface area (Å²) in [6.45, 7) is 4.90. The number of rotatable bonds is 3. The first-order chi connectivity index (χ1) is 7.28. The topological polar surface area (TPSA) is 74.7 Å². The van der Waals surface area contributed by atoms with Gasteiger partial charge in [0, 0.05) is 12.1 Å². The van der Waals surface area contributed by atoms with Gasteiger partial charge in [0.05, 0.1) is 0 Å². The van der Waals surface area contributed by atoms with Gasteiger partial charge in [0.25, 0.3) is 0 Å². The van der Waals surface area contributed by atoms with Gasteiger partial charge in [-0.3, -0.25) is 4.79 Å². The van der Waals surface area contributed by atoms with Crippen LogP contribution in [-0.2, 0) is 14.8 Å². The summed E-state index contributed by atoms with van der Waals surface area (Å²) in [5, 5.41) is 7.45. The second kappa shape index (κ2) is 4.71. The van der Waals surface area contributed by atoms with Crippen LogP contribution in [0.4, 0.5) is 0 Å². The van der Waals surface area contributed by atoms with Crippen LogP contribution in [0.3, 0.4) is 0 Å². The molecule has 0 amide bonds. The maximum Gasteiger partial charge on any atom is 0.323 e. The summed E-state index contributed by atoms with van der Waals surface area (Å²) in [6, 6.07) is -0.203. The largest absolute Gasteiger partial charge is 0.480 e. The predicted octanol–water partition coefficient (Wildman–Crippen LogP) is 1.05. The lowest BCUT2D eigenvalue weighted by Crippen LogP contribution is -2.51. The second-order valence-corrected chi connectivity index (χ2v) is 6.64. The van der Waals surface area contributed by atoms with Crippen LogP contribution in [0, 0.1) is 0 Å². The first kappa shape index (κ1) is 13.4. The Hall–Kier alpha value is -0.620. The molecule has 6 heteroatoms. The van der Waals surface area contributed by atoms with Crippen LogP contribution in [0.1, 0.15) is 40.0 Å². The molecule has 1 fully saturated rings. The number of carboxylic acids is 1. The van der Waals surface area contributed by atoms with Gasteiger partial charge in [-0.25, -0.2) is 8.42 Å². The normalized spacial score (nSPS) is 29.9. The van der Waals surface area contributed by atoms with E-state index in [2.05, 4.69) is 0 Å². The highest BCUT2D eigenvalue weighted by atomic mass is 32.2. The number of nitrogens with zero attached hydrogens (tertiary/aromatic N) is 1. The van der Waals surface area contributed by atoms with E-state index in [9.17, 15) is 13.2 Å². The number of sulfonamides is 1. The Bertz CT molecular complexity index is 355. The van der Waals surface area contributed by atoms with Crippen molar-refractivity contribution >= 4 is 16.0 Å². The average Bonchev–Trinajstić information content (AvgIpc) is 2.15. The highest BCUT2D eigenvalue weighted by Crippen LogP contribution is 2.27. The molecule has 1 saturated heterocycles. The van der Waals surface area contributed by atoms with Gasteiger partial charge in [0.2, 0.25) is 10.0 Å². The number of carboxylic acid groups (broad SMARTS) is 1. The van der Waals surface area contributed by atoms with Crippen LogP contribution in [0.15, 0.2) is 0 Å². The lowest BCUT2D eigenvalue weighted by molar-refractivity contribution is -0.136. The fourth-order valence-electron chi connectivity index (χ4n) is 2.21. The van der Waals surface area contributed by atoms with Gasteiger partial charge < -0.3 is 5.11 Å².